The Kier molecular flexibility index (Phi) is 6.97. The average Bonchev–Trinajstić information content (AvgIpc) is 2.22. The zero-order valence-corrected chi connectivity index (χ0v) is 11.9. The number of hydrogen-bond acceptors (Lipinski definition) is 3. The fourth-order valence-corrected chi connectivity index (χ4v) is 2.88. The van der Waals surface area contributed by atoms with Crippen LogP contribution in [0.15, 0.2) is 17.2 Å². The van der Waals surface area contributed by atoms with E-state index in [9.17, 15) is 0 Å². The maximum atomic E-state index is 4.52. The summed E-state index contributed by atoms with van der Waals surface area (Å²) in [5.74, 6) is 2.20. The first kappa shape index (κ1) is 13.9. The molecule has 0 saturated heterocycles. The molecule has 90 valence electrons. The van der Waals surface area contributed by atoms with Crippen LogP contribution in [0.4, 0.5) is 0 Å². The lowest BCUT2D eigenvalue weighted by Crippen LogP contribution is -1.89. The molecule has 0 aliphatic heterocycles. The Morgan fingerprint density at radius 3 is 2.56 bits per heavy atom. The molecule has 0 unspecified atom stereocenters. The molecule has 0 aliphatic rings. The predicted octanol–water partition coefficient (Wildman–Crippen LogP) is 4.28. The van der Waals surface area contributed by atoms with Gasteiger partial charge < -0.3 is 0 Å². The van der Waals surface area contributed by atoms with Gasteiger partial charge in [-0.15, -0.1) is 11.8 Å². The molecule has 1 aromatic heterocycles. The van der Waals surface area contributed by atoms with Gasteiger partial charge in [-0.25, -0.2) is 4.98 Å². The predicted molar refractivity (Wildman–Crippen MR) is 76.8 cm³/mol. The summed E-state index contributed by atoms with van der Waals surface area (Å²) < 4.78 is 0. The van der Waals surface area contributed by atoms with Crippen LogP contribution in [0, 0.1) is 13.8 Å². The van der Waals surface area contributed by atoms with Crippen LogP contribution in [-0.2, 0) is 0 Å². The maximum absolute atomic E-state index is 4.52. The van der Waals surface area contributed by atoms with Gasteiger partial charge in [0.25, 0.3) is 0 Å². The third kappa shape index (κ3) is 5.80. The topological polar surface area (TPSA) is 12.9 Å². The highest BCUT2D eigenvalue weighted by atomic mass is 32.2. The summed E-state index contributed by atoms with van der Waals surface area (Å²) in [6.45, 7) is 4.19. The first-order chi connectivity index (χ1) is 7.72. The van der Waals surface area contributed by atoms with Gasteiger partial charge in [-0.05, 0) is 55.9 Å². The van der Waals surface area contributed by atoms with E-state index >= 15 is 0 Å². The van der Waals surface area contributed by atoms with Gasteiger partial charge in [-0.1, -0.05) is 12.8 Å². The highest BCUT2D eigenvalue weighted by Crippen LogP contribution is 2.19. The Bertz CT molecular complexity index is 293. The zero-order valence-electron chi connectivity index (χ0n) is 10.2. The normalized spacial score (nSPS) is 10.7. The summed E-state index contributed by atoms with van der Waals surface area (Å²) in [5, 5.41) is 1.17. The lowest BCUT2D eigenvalue weighted by molar-refractivity contribution is 0.711. The molecular weight excluding hydrogens is 234 g/mol. The minimum atomic E-state index is 1.02. The highest BCUT2D eigenvalue weighted by molar-refractivity contribution is 7.99. The van der Waals surface area contributed by atoms with Crippen molar-refractivity contribution in [3.63, 3.8) is 0 Å². The Morgan fingerprint density at radius 1 is 1.12 bits per heavy atom. The van der Waals surface area contributed by atoms with Crippen LogP contribution in [0.25, 0.3) is 0 Å². The summed E-state index contributed by atoms with van der Waals surface area (Å²) in [7, 11) is 0. The summed E-state index contributed by atoms with van der Waals surface area (Å²) >= 11 is 6.09. The van der Waals surface area contributed by atoms with E-state index < -0.39 is 0 Å². The molecule has 0 fully saturated rings. The van der Waals surface area contributed by atoms with Gasteiger partial charge in [0.05, 0.1) is 5.03 Å². The molecule has 0 aromatic carbocycles. The molecule has 1 aromatic rings. The average molecular weight is 255 g/mol. The standard InChI is InChI=1S/C13H21NS2/c1-11-9-12(2)14-13(10-11)16-8-6-4-3-5-7-15/h9-10,15H,3-8H2,1-2H3. The third-order valence-corrected chi connectivity index (χ3v) is 3.69. The van der Waals surface area contributed by atoms with Gasteiger partial charge in [-0.3, -0.25) is 0 Å². The van der Waals surface area contributed by atoms with Gasteiger partial charge >= 0.3 is 0 Å². The van der Waals surface area contributed by atoms with Crippen molar-refractivity contribution in [3.05, 3.63) is 23.4 Å². The minimum absolute atomic E-state index is 1.02. The number of thiol groups is 1. The summed E-state index contributed by atoms with van der Waals surface area (Å²) in [4.78, 5) is 4.52. The molecule has 0 aliphatic carbocycles. The molecule has 0 saturated carbocycles. The first-order valence-electron chi connectivity index (χ1n) is 5.91. The molecule has 0 radical (unpaired) electrons. The minimum Gasteiger partial charge on any atom is -0.247 e. The van der Waals surface area contributed by atoms with E-state index in [-0.39, 0.29) is 0 Å². The van der Waals surface area contributed by atoms with Crippen molar-refractivity contribution >= 4 is 24.4 Å². The van der Waals surface area contributed by atoms with E-state index in [1.807, 2.05) is 11.8 Å². The molecule has 0 amide bonds. The molecule has 1 rings (SSSR count). The summed E-state index contributed by atoms with van der Waals surface area (Å²) in [6, 6.07) is 4.29. The molecule has 0 bridgehead atoms. The van der Waals surface area contributed by atoms with Gasteiger partial charge in [0.15, 0.2) is 0 Å². The Morgan fingerprint density at radius 2 is 1.88 bits per heavy atom. The van der Waals surface area contributed by atoms with Crippen LogP contribution in [0.3, 0.4) is 0 Å². The van der Waals surface area contributed by atoms with Crippen LogP contribution in [0.5, 0.6) is 0 Å². The number of nitrogens with zero attached hydrogens (tertiary/aromatic N) is 1. The van der Waals surface area contributed by atoms with E-state index in [1.54, 1.807) is 0 Å². The second kappa shape index (κ2) is 8.02. The summed E-state index contributed by atoms with van der Waals surface area (Å²) in [5.41, 5.74) is 2.43. The lowest BCUT2D eigenvalue weighted by Gasteiger charge is -2.03. The second-order valence-corrected chi connectivity index (χ2v) is 5.67. The number of pyridine rings is 1. The first-order valence-corrected chi connectivity index (χ1v) is 7.53. The van der Waals surface area contributed by atoms with Crippen LogP contribution in [-0.4, -0.2) is 16.5 Å². The number of unbranched alkanes of at least 4 members (excludes halogenated alkanes) is 3. The van der Waals surface area contributed by atoms with Gasteiger partial charge in [0.1, 0.15) is 0 Å². The van der Waals surface area contributed by atoms with E-state index in [4.69, 9.17) is 0 Å². The molecule has 1 heterocycles. The van der Waals surface area contributed by atoms with Crippen LogP contribution < -0.4 is 0 Å². The largest absolute Gasteiger partial charge is 0.247 e. The molecular formula is C13H21NS2. The monoisotopic (exact) mass is 255 g/mol. The van der Waals surface area contributed by atoms with Gasteiger partial charge in [0.2, 0.25) is 0 Å². The van der Waals surface area contributed by atoms with Crippen molar-refractivity contribution in [3.8, 4) is 0 Å². The SMILES string of the molecule is Cc1cc(C)nc(SCCCCCCS)c1. The third-order valence-electron chi connectivity index (χ3n) is 2.38. The lowest BCUT2D eigenvalue weighted by atomic mass is 10.2. The quantitative estimate of drug-likeness (QED) is 0.444. The van der Waals surface area contributed by atoms with E-state index in [0.29, 0.717) is 0 Å². The Hall–Kier alpha value is -0.150. The molecule has 0 spiro atoms. The molecule has 16 heavy (non-hydrogen) atoms. The summed E-state index contributed by atoms with van der Waals surface area (Å²) in [6.07, 6.45) is 5.16. The molecule has 0 N–H and O–H groups in total. The fraction of sp³-hybridized carbons (Fsp3) is 0.615. The van der Waals surface area contributed by atoms with Crippen molar-refractivity contribution in [2.75, 3.05) is 11.5 Å². The molecule has 1 nitrogen and oxygen atoms in total. The Labute approximate surface area is 109 Å². The highest BCUT2D eigenvalue weighted by Gasteiger charge is 1.98. The Balaban J connectivity index is 2.21. The van der Waals surface area contributed by atoms with E-state index in [1.165, 1.54) is 42.0 Å². The van der Waals surface area contributed by atoms with Crippen molar-refractivity contribution in [2.24, 2.45) is 0 Å². The van der Waals surface area contributed by atoms with Crippen LogP contribution in [0.1, 0.15) is 36.9 Å². The van der Waals surface area contributed by atoms with Gasteiger partial charge in [-0.2, -0.15) is 12.6 Å². The smallest absolute Gasteiger partial charge is 0.0965 e. The second-order valence-electron chi connectivity index (χ2n) is 4.11. The van der Waals surface area contributed by atoms with Crippen molar-refractivity contribution in [1.29, 1.82) is 0 Å². The van der Waals surface area contributed by atoms with Crippen LogP contribution in [0.2, 0.25) is 0 Å². The van der Waals surface area contributed by atoms with Crippen molar-refractivity contribution in [2.45, 2.75) is 44.6 Å². The van der Waals surface area contributed by atoms with Gasteiger partial charge in [0, 0.05) is 5.69 Å². The molecule has 3 heteroatoms. The number of thioether (sulfide) groups is 1. The van der Waals surface area contributed by atoms with Crippen molar-refractivity contribution in [1.82, 2.24) is 4.98 Å². The number of aromatic nitrogens is 1. The maximum Gasteiger partial charge on any atom is 0.0965 e. The number of hydrogen-bond donors (Lipinski definition) is 1. The van der Waals surface area contributed by atoms with Crippen LogP contribution >= 0.6 is 24.4 Å². The molecule has 0 atom stereocenters. The van der Waals surface area contributed by atoms with E-state index in [2.05, 4.69) is 43.6 Å². The van der Waals surface area contributed by atoms with Crippen molar-refractivity contribution < 1.29 is 0 Å². The fourth-order valence-electron chi connectivity index (χ4n) is 1.62. The zero-order chi connectivity index (χ0) is 11.8. The number of rotatable bonds is 7. The van der Waals surface area contributed by atoms with E-state index in [0.717, 1.165) is 11.4 Å². The number of aryl methyl sites for hydroxylation is 2.